The molecule has 2 aromatic rings. The Labute approximate surface area is 128 Å². The normalized spacial score (nSPS) is 11.5. The van der Waals surface area contributed by atoms with Crippen molar-refractivity contribution >= 4 is 41.9 Å². The number of pyridine rings is 1. The molecule has 1 N–H and O–H groups in total. The van der Waals surface area contributed by atoms with Crippen molar-refractivity contribution in [2.24, 2.45) is 0 Å². The molecule has 0 unspecified atom stereocenters. The van der Waals surface area contributed by atoms with E-state index in [-0.39, 0.29) is 11.4 Å². The van der Waals surface area contributed by atoms with Gasteiger partial charge in [0.15, 0.2) is 0 Å². The van der Waals surface area contributed by atoms with Gasteiger partial charge in [-0.3, -0.25) is 4.98 Å². The quantitative estimate of drug-likeness (QED) is 0.850. The number of hydrogen-bond donors (Lipinski definition) is 1. The summed E-state index contributed by atoms with van der Waals surface area (Å²) in [5.41, 5.74) is 0.852. The summed E-state index contributed by atoms with van der Waals surface area (Å²) in [6, 6.07) is 8.53. The first kappa shape index (κ1) is 14.6. The van der Waals surface area contributed by atoms with Gasteiger partial charge in [0.2, 0.25) is 10.0 Å². The van der Waals surface area contributed by atoms with Gasteiger partial charge >= 0.3 is 0 Å². The highest BCUT2D eigenvalue weighted by atomic mass is 79.9. The topological polar surface area (TPSA) is 59.1 Å². The highest BCUT2D eigenvalue weighted by Gasteiger charge is 2.17. The molecule has 1 aromatic carbocycles. The molecule has 0 aliphatic carbocycles. The summed E-state index contributed by atoms with van der Waals surface area (Å²) in [5.74, 6) is 0. The largest absolute Gasteiger partial charge is 0.265 e. The summed E-state index contributed by atoms with van der Waals surface area (Å²) >= 11 is 6.51. The Bertz CT molecular complexity index is 675. The fraction of sp³-hybridized carbons (Fsp3) is 0.0833. The van der Waals surface area contributed by atoms with Crippen LogP contribution in [0.15, 0.2) is 56.6 Å². The van der Waals surface area contributed by atoms with Gasteiger partial charge in [0.05, 0.1) is 4.90 Å². The maximum absolute atomic E-state index is 12.2. The number of sulfonamides is 1. The number of benzene rings is 1. The molecule has 0 atom stereocenters. The highest BCUT2D eigenvalue weighted by Crippen LogP contribution is 2.25. The lowest BCUT2D eigenvalue weighted by Crippen LogP contribution is -2.23. The average Bonchev–Trinajstić information content (AvgIpc) is 2.40. The number of aromatic nitrogens is 1. The summed E-state index contributed by atoms with van der Waals surface area (Å²) < 4.78 is 28.2. The van der Waals surface area contributed by atoms with E-state index in [0.29, 0.717) is 8.95 Å². The van der Waals surface area contributed by atoms with Crippen LogP contribution in [0.1, 0.15) is 5.56 Å². The van der Waals surface area contributed by atoms with E-state index in [1.807, 2.05) is 0 Å². The molecular weight excluding hydrogens is 396 g/mol. The van der Waals surface area contributed by atoms with Crippen LogP contribution in [0.25, 0.3) is 0 Å². The van der Waals surface area contributed by atoms with Crippen molar-refractivity contribution in [1.29, 1.82) is 0 Å². The predicted octanol–water partition coefficient (Wildman–Crippen LogP) is 3.09. The second-order valence-electron chi connectivity index (χ2n) is 3.75. The lowest BCUT2D eigenvalue weighted by atomic mass is 10.3. The van der Waals surface area contributed by atoms with Crippen LogP contribution in [0, 0.1) is 0 Å². The fourth-order valence-electron chi connectivity index (χ4n) is 1.44. The van der Waals surface area contributed by atoms with E-state index in [4.69, 9.17) is 0 Å². The van der Waals surface area contributed by atoms with Gasteiger partial charge in [-0.05, 0) is 51.8 Å². The van der Waals surface area contributed by atoms with Crippen LogP contribution in [0.5, 0.6) is 0 Å². The molecule has 1 aromatic heterocycles. The second kappa shape index (κ2) is 6.13. The van der Waals surface area contributed by atoms with Crippen LogP contribution in [-0.2, 0) is 16.6 Å². The summed E-state index contributed by atoms with van der Waals surface area (Å²) in [5, 5.41) is 0. The van der Waals surface area contributed by atoms with Gasteiger partial charge in [-0.15, -0.1) is 0 Å². The van der Waals surface area contributed by atoms with Crippen molar-refractivity contribution < 1.29 is 8.42 Å². The first-order valence-corrected chi connectivity index (χ1v) is 8.39. The maximum Gasteiger partial charge on any atom is 0.242 e. The van der Waals surface area contributed by atoms with Crippen LogP contribution < -0.4 is 4.72 Å². The standard InChI is InChI=1S/C12H10Br2N2O2S/c13-10-1-2-11(14)12(7-10)19(17,18)16-8-9-3-5-15-6-4-9/h1-7,16H,8H2. The molecule has 2 rings (SSSR count). The Balaban J connectivity index is 2.21. The van der Waals surface area contributed by atoms with E-state index >= 15 is 0 Å². The van der Waals surface area contributed by atoms with Crippen molar-refractivity contribution in [1.82, 2.24) is 9.71 Å². The van der Waals surface area contributed by atoms with Crippen molar-refractivity contribution in [2.75, 3.05) is 0 Å². The zero-order chi connectivity index (χ0) is 13.9. The summed E-state index contributed by atoms with van der Waals surface area (Å²) in [6.45, 7) is 0.226. The summed E-state index contributed by atoms with van der Waals surface area (Å²) in [4.78, 5) is 4.09. The van der Waals surface area contributed by atoms with Crippen molar-refractivity contribution in [3.8, 4) is 0 Å². The van der Waals surface area contributed by atoms with E-state index in [0.717, 1.165) is 5.56 Å². The lowest BCUT2D eigenvalue weighted by Gasteiger charge is -2.09. The van der Waals surface area contributed by atoms with Crippen LogP contribution in [-0.4, -0.2) is 13.4 Å². The lowest BCUT2D eigenvalue weighted by molar-refractivity contribution is 0.580. The molecule has 0 aliphatic rings. The third-order valence-corrected chi connectivity index (χ3v) is 5.29. The van der Waals surface area contributed by atoms with Crippen molar-refractivity contribution in [2.45, 2.75) is 11.4 Å². The van der Waals surface area contributed by atoms with Gasteiger partial charge in [0, 0.05) is 27.9 Å². The van der Waals surface area contributed by atoms with Gasteiger partial charge in [-0.2, -0.15) is 0 Å². The Morgan fingerprint density at radius 3 is 2.47 bits per heavy atom. The SMILES string of the molecule is O=S(=O)(NCc1ccncc1)c1cc(Br)ccc1Br. The minimum Gasteiger partial charge on any atom is -0.265 e. The number of nitrogens with one attached hydrogen (secondary N) is 1. The molecule has 0 radical (unpaired) electrons. The molecule has 100 valence electrons. The van der Waals surface area contributed by atoms with Gasteiger partial charge in [-0.1, -0.05) is 15.9 Å². The molecular formula is C12H10Br2N2O2S. The molecule has 0 amide bonds. The summed E-state index contributed by atoms with van der Waals surface area (Å²) in [6.07, 6.45) is 3.25. The Kier molecular flexibility index (Phi) is 4.72. The molecule has 0 aliphatic heterocycles. The highest BCUT2D eigenvalue weighted by molar-refractivity contribution is 9.11. The van der Waals surface area contributed by atoms with Crippen LogP contribution in [0.3, 0.4) is 0 Å². The third-order valence-electron chi connectivity index (χ3n) is 2.40. The van der Waals surface area contributed by atoms with Gasteiger partial charge in [0.1, 0.15) is 0 Å². The van der Waals surface area contributed by atoms with Gasteiger partial charge < -0.3 is 0 Å². The van der Waals surface area contributed by atoms with Crippen molar-refractivity contribution in [3.05, 3.63) is 57.2 Å². The monoisotopic (exact) mass is 404 g/mol. The minimum absolute atomic E-state index is 0.205. The molecule has 4 nitrogen and oxygen atoms in total. The molecule has 0 bridgehead atoms. The Morgan fingerprint density at radius 2 is 1.79 bits per heavy atom. The molecule has 0 saturated carbocycles. The molecule has 1 heterocycles. The zero-order valence-electron chi connectivity index (χ0n) is 9.68. The predicted molar refractivity (Wildman–Crippen MR) is 80.1 cm³/mol. The average molecular weight is 406 g/mol. The molecule has 7 heteroatoms. The Morgan fingerprint density at radius 1 is 1.11 bits per heavy atom. The number of nitrogens with zero attached hydrogens (tertiary/aromatic N) is 1. The Hall–Kier alpha value is -0.760. The molecule has 19 heavy (non-hydrogen) atoms. The molecule has 0 spiro atoms. The van der Waals surface area contributed by atoms with E-state index < -0.39 is 10.0 Å². The number of hydrogen-bond acceptors (Lipinski definition) is 3. The minimum atomic E-state index is -3.56. The van der Waals surface area contributed by atoms with Gasteiger partial charge in [0.25, 0.3) is 0 Å². The molecule has 0 fully saturated rings. The summed E-state index contributed by atoms with van der Waals surface area (Å²) in [7, 11) is -3.56. The fourth-order valence-corrected chi connectivity index (χ4v) is 3.96. The van der Waals surface area contributed by atoms with E-state index in [1.165, 1.54) is 0 Å². The first-order valence-electron chi connectivity index (χ1n) is 5.33. The van der Waals surface area contributed by atoms with Crippen LogP contribution in [0.4, 0.5) is 0 Å². The number of halogens is 2. The zero-order valence-corrected chi connectivity index (χ0v) is 13.7. The first-order chi connectivity index (χ1) is 8.99. The van der Waals surface area contributed by atoms with Crippen LogP contribution >= 0.6 is 31.9 Å². The third kappa shape index (κ3) is 3.85. The van der Waals surface area contributed by atoms with Crippen LogP contribution in [0.2, 0.25) is 0 Å². The van der Waals surface area contributed by atoms with E-state index in [2.05, 4.69) is 41.6 Å². The second-order valence-corrected chi connectivity index (χ2v) is 7.26. The van der Waals surface area contributed by atoms with Crippen molar-refractivity contribution in [3.63, 3.8) is 0 Å². The molecule has 0 saturated heterocycles. The number of rotatable bonds is 4. The van der Waals surface area contributed by atoms with Gasteiger partial charge in [-0.25, -0.2) is 13.1 Å². The maximum atomic E-state index is 12.2. The van der Waals surface area contributed by atoms with E-state index in [9.17, 15) is 8.42 Å². The smallest absolute Gasteiger partial charge is 0.242 e. The van der Waals surface area contributed by atoms with E-state index in [1.54, 1.807) is 42.7 Å².